The first-order valence-electron chi connectivity index (χ1n) is 13.0. The highest BCUT2D eigenvalue weighted by Gasteiger charge is 2.29. The van der Waals surface area contributed by atoms with Gasteiger partial charge in [-0.3, -0.25) is 9.69 Å². The maximum Gasteiger partial charge on any atom is 0.244 e. The lowest BCUT2D eigenvalue weighted by Crippen LogP contribution is -2.49. The van der Waals surface area contributed by atoms with Crippen LogP contribution in [0.5, 0.6) is 0 Å². The molecule has 0 radical (unpaired) electrons. The first-order valence-corrected chi connectivity index (χ1v) is 13.8. The molecule has 2 atom stereocenters. The van der Waals surface area contributed by atoms with Crippen molar-refractivity contribution >= 4 is 39.4 Å². The van der Waals surface area contributed by atoms with E-state index in [2.05, 4.69) is 58.4 Å². The Bertz CT molecular complexity index is 1160. The van der Waals surface area contributed by atoms with Gasteiger partial charge in [-0.05, 0) is 66.9 Å². The fourth-order valence-corrected chi connectivity index (χ4v) is 6.40. The number of aryl methyl sites for hydroxylation is 1. The molecular formula is C29H36N4OS. The Labute approximate surface area is 213 Å². The minimum atomic E-state index is 0.0138. The number of anilines is 1. The molecule has 0 unspecified atom stereocenters. The molecule has 3 aromatic rings. The van der Waals surface area contributed by atoms with Crippen molar-refractivity contribution in [3.63, 3.8) is 0 Å². The Morgan fingerprint density at radius 3 is 2.69 bits per heavy atom. The van der Waals surface area contributed by atoms with E-state index in [1.54, 1.807) is 17.6 Å². The Kier molecular flexibility index (Phi) is 7.79. The van der Waals surface area contributed by atoms with Crippen molar-refractivity contribution in [2.45, 2.75) is 32.6 Å². The van der Waals surface area contributed by atoms with Crippen LogP contribution in [-0.4, -0.2) is 54.4 Å². The van der Waals surface area contributed by atoms with E-state index in [4.69, 9.17) is 4.37 Å². The van der Waals surface area contributed by atoms with E-state index in [1.807, 2.05) is 18.2 Å². The molecular weight excluding hydrogens is 452 g/mol. The molecule has 1 saturated carbocycles. The van der Waals surface area contributed by atoms with E-state index in [0.29, 0.717) is 11.8 Å². The van der Waals surface area contributed by atoms with Crippen LogP contribution in [-0.2, 0) is 4.79 Å². The summed E-state index contributed by atoms with van der Waals surface area (Å²) >= 11 is 1.60. The van der Waals surface area contributed by atoms with Crippen LogP contribution in [0.4, 0.5) is 5.82 Å². The lowest BCUT2D eigenvalue weighted by molar-refractivity contribution is -0.116. The van der Waals surface area contributed by atoms with E-state index in [0.717, 1.165) is 50.6 Å². The highest BCUT2D eigenvalue weighted by atomic mass is 32.1. The van der Waals surface area contributed by atoms with Gasteiger partial charge in [-0.1, -0.05) is 54.8 Å². The predicted octanol–water partition coefficient (Wildman–Crippen LogP) is 5.36. The van der Waals surface area contributed by atoms with Gasteiger partial charge in [-0.15, -0.1) is 0 Å². The van der Waals surface area contributed by atoms with Gasteiger partial charge >= 0.3 is 0 Å². The summed E-state index contributed by atoms with van der Waals surface area (Å²) in [5, 5.41) is 4.47. The normalized spacial score (nSPS) is 21.6. The van der Waals surface area contributed by atoms with Gasteiger partial charge in [0, 0.05) is 50.7 Å². The summed E-state index contributed by atoms with van der Waals surface area (Å²) in [6, 6.07) is 16.8. The summed E-state index contributed by atoms with van der Waals surface area (Å²) in [5.74, 6) is 2.40. The second-order valence-electron chi connectivity index (χ2n) is 10.1. The summed E-state index contributed by atoms with van der Waals surface area (Å²) in [5.41, 5.74) is 2.28. The molecule has 1 aliphatic carbocycles. The average molecular weight is 489 g/mol. The van der Waals surface area contributed by atoms with Crippen LogP contribution >= 0.6 is 11.5 Å². The number of aromatic nitrogens is 1. The Hall–Kier alpha value is -2.70. The van der Waals surface area contributed by atoms with Crippen molar-refractivity contribution in [1.29, 1.82) is 0 Å². The molecule has 1 aromatic heterocycles. The largest absolute Gasteiger partial charge is 0.353 e. The van der Waals surface area contributed by atoms with E-state index in [1.165, 1.54) is 41.3 Å². The fourth-order valence-electron chi connectivity index (χ4n) is 5.60. The number of carbonyl (C=O) groups is 1. The van der Waals surface area contributed by atoms with Gasteiger partial charge in [0.2, 0.25) is 5.91 Å². The van der Waals surface area contributed by atoms with Gasteiger partial charge in [0.25, 0.3) is 0 Å². The van der Waals surface area contributed by atoms with E-state index < -0.39 is 0 Å². The maximum absolute atomic E-state index is 12.5. The van der Waals surface area contributed by atoms with Crippen molar-refractivity contribution in [1.82, 2.24) is 14.6 Å². The smallest absolute Gasteiger partial charge is 0.244 e. The Balaban J connectivity index is 1.11. The third-order valence-corrected chi connectivity index (χ3v) is 8.41. The van der Waals surface area contributed by atoms with Crippen LogP contribution in [0, 0.1) is 18.8 Å². The van der Waals surface area contributed by atoms with Gasteiger partial charge in [-0.2, -0.15) is 4.37 Å². The van der Waals surface area contributed by atoms with Gasteiger partial charge in [0.05, 0.1) is 4.70 Å². The third kappa shape index (κ3) is 6.11. The number of hydrogen-bond acceptors (Lipinski definition) is 5. The minimum absolute atomic E-state index is 0.0138. The topological polar surface area (TPSA) is 48.5 Å². The van der Waals surface area contributed by atoms with Crippen molar-refractivity contribution in [2.75, 3.05) is 44.2 Å². The Morgan fingerprint density at radius 1 is 1.06 bits per heavy atom. The molecule has 5 nitrogen and oxygen atoms in total. The van der Waals surface area contributed by atoms with Gasteiger partial charge in [-0.25, -0.2) is 0 Å². The number of nitrogens with zero attached hydrogens (tertiary/aromatic N) is 3. The van der Waals surface area contributed by atoms with Gasteiger partial charge in [0.15, 0.2) is 0 Å². The van der Waals surface area contributed by atoms with Crippen LogP contribution in [0.15, 0.2) is 54.6 Å². The van der Waals surface area contributed by atoms with Crippen molar-refractivity contribution < 1.29 is 4.79 Å². The van der Waals surface area contributed by atoms with Crippen LogP contribution < -0.4 is 10.2 Å². The molecule has 0 spiro atoms. The van der Waals surface area contributed by atoms with E-state index in [-0.39, 0.29) is 5.91 Å². The molecule has 1 amide bonds. The summed E-state index contributed by atoms with van der Waals surface area (Å²) in [4.78, 5) is 17.5. The number of benzene rings is 2. The molecule has 1 N–H and O–H groups in total. The van der Waals surface area contributed by atoms with Crippen LogP contribution in [0.25, 0.3) is 16.2 Å². The summed E-state index contributed by atoms with van der Waals surface area (Å²) in [6.45, 7) is 8.23. The molecule has 0 bridgehead atoms. The number of nitrogens with one attached hydrogen (secondary N) is 1. The fraction of sp³-hybridized carbons (Fsp3) is 0.448. The van der Waals surface area contributed by atoms with E-state index >= 15 is 0 Å². The van der Waals surface area contributed by atoms with Crippen LogP contribution in [0.1, 0.15) is 36.8 Å². The predicted molar refractivity (Wildman–Crippen MR) is 147 cm³/mol. The highest BCUT2D eigenvalue weighted by Crippen LogP contribution is 2.32. The molecule has 2 heterocycles. The number of rotatable bonds is 7. The van der Waals surface area contributed by atoms with Gasteiger partial charge in [0.1, 0.15) is 5.82 Å². The Morgan fingerprint density at radius 2 is 1.86 bits per heavy atom. The SMILES string of the molecule is Cc1cccc(/C=C/C(=O)NC[C@@H]2CCCC[C@@H]2CN2CCN(c3nsc4ccccc34)CC2)c1. The number of hydrogen-bond donors (Lipinski definition) is 1. The van der Waals surface area contributed by atoms with Crippen LogP contribution in [0.3, 0.4) is 0 Å². The van der Waals surface area contributed by atoms with Crippen molar-refractivity contribution in [2.24, 2.45) is 11.8 Å². The summed E-state index contributed by atoms with van der Waals surface area (Å²) in [7, 11) is 0. The number of fused-ring (bicyclic) bond motifs is 1. The first-order chi connectivity index (χ1) is 17.2. The number of amides is 1. The average Bonchev–Trinajstić information content (AvgIpc) is 3.32. The molecule has 2 aliphatic rings. The van der Waals surface area contributed by atoms with Crippen molar-refractivity contribution in [3.8, 4) is 0 Å². The highest BCUT2D eigenvalue weighted by molar-refractivity contribution is 7.13. The molecule has 2 aromatic carbocycles. The molecule has 35 heavy (non-hydrogen) atoms. The molecule has 6 heteroatoms. The van der Waals surface area contributed by atoms with Crippen molar-refractivity contribution in [3.05, 3.63) is 65.7 Å². The minimum Gasteiger partial charge on any atom is -0.353 e. The molecule has 1 aliphatic heterocycles. The maximum atomic E-state index is 12.5. The van der Waals surface area contributed by atoms with E-state index in [9.17, 15) is 4.79 Å². The molecule has 1 saturated heterocycles. The lowest BCUT2D eigenvalue weighted by atomic mass is 9.78. The lowest BCUT2D eigenvalue weighted by Gasteiger charge is -2.40. The summed E-state index contributed by atoms with van der Waals surface area (Å²) < 4.78 is 6.02. The third-order valence-electron chi connectivity index (χ3n) is 7.60. The zero-order valence-electron chi connectivity index (χ0n) is 20.7. The zero-order chi connectivity index (χ0) is 24.0. The molecule has 5 rings (SSSR count). The number of piperazine rings is 1. The molecule has 2 fully saturated rings. The first kappa shape index (κ1) is 24.0. The summed E-state index contributed by atoms with van der Waals surface area (Å²) in [6.07, 6.45) is 8.67. The quantitative estimate of drug-likeness (QED) is 0.455. The second-order valence-corrected chi connectivity index (χ2v) is 10.9. The standard InChI is InChI=1S/C29H36N4OS/c1-22-7-6-8-23(19-22)13-14-28(34)30-20-24-9-2-3-10-25(24)21-32-15-17-33(18-16-32)29-26-11-4-5-12-27(26)35-31-29/h4-8,11-14,19,24-25H,2-3,9-10,15-18,20-21H2,1H3,(H,30,34)/b14-13+/t24-,25+/m0/s1. The zero-order valence-corrected chi connectivity index (χ0v) is 21.5. The van der Waals surface area contributed by atoms with Gasteiger partial charge < -0.3 is 10.2 Å². The monoisotopic (exact) mass is 488 g/mol. The molecule has 184 valence electrons. The second kappa shape index (κ2) is 11.4. The number of carbonyl (C=O) groups excluding carboxylic acids is 1. The van der Waals surface area contributed by atoms with Crippen LogP contribution in [0.2, 0.25) is 0 Å².